The zero-order valence-electron chi connectivity index (χ0n) is 19.2. The van der Waals surface area contributed by atoms with E-state index in [1.54, 1.807) is 13.3 Å². The number of benzene rings is 1. The number of carbonyl (C=O) groups excluding carboxylic acids is 1. The van der Waals surface area contributed by atoms with Gasteiger partial charge in [0.05, 0.1) is 38.4 Å². The Morgan fingerprint density at radius 3 is 2.55 bits per heavy atom. The molecule has 0 unspecified atom stereocenters. The smallest absolute Gasteiger partial charge is 0.307 e. The number of pyridine rings is 1. The third-order valence-corrected chi connectivity index (χ3v) is 6.45. The molecule has 7 nitrogen and oxygen atoms in total. The number of thiocarbonyl (C=S) groups is 1. The summed E-state index contributed by atoms with van der Waals surface area (Å²) in [5.74, 6) is 0.553. The third-order valence-electron chi connectivity index (χ3n) is 6.10. The van der Waals surface area contributed by atoms with Crippen LogP contribution in [0.1, 0.15) is 41.1 Å². The first-order chi connectivity index (χ1) is 15.9. The number of ether oxygens (including phenoxy) is 2. The number of hydrogen-bond acceptors (Lipinski definition) is 5. The van der Waals surface area contributed by atoms with Gasteiger partial charge >= 0.3 is 5.97 Å². The number of rotatable bonds is 7. The fourth-order valence-electron chi connectivity index (χ4n) is 4.51. The van der Waals surface area contributed by atoms with E-state index in [0.717, 1.165) is 34.1 Å². The lowest BCUT2D eigenvalue weighted by Gasteiger charge is -2.28. The van der Waals surface area contributed by atoms with Crippen LogP contribution < -0.4 is 10.1 Å². The molecule has 3 heterocycles. The molecule has 1 fully saturated rings. The predicted molar refractivity (Wildman–Crippen MR) is 131 cm³/mol. The quantitative estimate of drug-likeness (QED) is 0.418. The van der Waals surface area contributed by atoms with E-state index in [4.69, 9.17) is 21.7 Å². The summed E-state index contributed by atoms with van der Waals surface area (Å²) in [6.07, 6.45) is 2.04. The van der Waals surface area contributed by atoms with E-state index in [1.807, 2.05) is 42.5 Å². The molecule has 2 atom stereocenters. The lowest BCUT2D eigenvalue weighted by atomic mass is 9.96. The fraction of sp³-hybridized carbons (Fsp3) is 0.320. The van der Waals surface area contributed by atoms with Gasteiger partial charge in [0.15, 0.2) is 5.11 Å². The molecule has 1 aromatic carbocycles. The molecule has 0 aliphatic carbocycles. The van der Waals surface area contributed by atoms with Crippen molar-refractivity contribution < 1.29 is 14.3 Å². The number of nitrogens with zero attached hydrogens (tertiary/aromatic N) is 3. The molecule has 33 heavy (non-hydrogen) atoms. The van der Waals surface area contributed by atoms with Crippen molar-refractivity contribution in [2.45, 2.75) is 32.4 Å². The summed E-state index contributed by atoms with van der Waals surface area (Å²) >= 11 is 5.70. The van der Waals surface area contributed by atoms with Gasteiger partial charge in [0.25, 0.3) is 0 Å². The highest BCUT2D eigenvalue weighted by molar-refractivity contribution is 7.80. The van der Waals surface area contributed by atoms with Crippen LogP contribution in [0.15, 0.2) is 54.7 Å². The lowest BCUT2D eigenvalue weighted by Crippen LogP contribution is -2.32. The van der Waals surface area contributed by atoms with E-state index in [-0.39, 0.29) is 24.5 Å². The molecule has 0 bridgehead atoms. The van der Waals surface area contributed by atoms with Crippen LogP contribution in [0.3, 0.4) is 0 Å². The topological polar surface area (TPSA) is 68.6 Å². The van der Waals surface area contributed by atoms with Crippen molar-refractivity contribution in [2.24, 2.45) is 0 Å². The Labute approximate surface area is 199 Å². The van der Waals surface area contributed by atoms with Crippen LogP contribution in [0.25, 0.3) is 5.69 Å². The number of hydrogen-bond donors (Lipinski definition) is 1. The Hall–Kier alpha value is -3.39. The van der Waals surface area contributed by atoms with E-state index in [2.05, 4.69) is 39.7 Å². The third kappa shape index (κ3) is 4.43. The zero-order valence-corrected chi connectivity index (χ0v) is 20.1. The minimum Gasteiger partial charge on any atom is -0.497 e. The Balaban J connectivity index is 1.77. The Kier molecular flexibility index (Phi) is 6.65. The van der Waals surface area contributed by atoms with Crippen LogP contribution in [-0.2, 0) is 9.53 Å². The number of methoxy groups -OCH3 is 2. The number of aromatic nitrogens is 2. The van der Waals surface area contributed by atoms with Crippen LogP contribution in [0.5, 0.6) is 5.75 Å². The minimum absolute atomic E-state index is 0.116. The van der Waals surface area contributed by atoms with Crippen LogP contribution >= 0.6 is 12.2 Å². The molecular formula is C25H28N4O3S. The monoisotopic (exact) mass is 464 g/mol. The molecule has 0 spiro atoms. The summed E-state index contributed by atoms with van der Waals surface area (Å²) in [6.45, 7) is 4.66. The molecule has 1 saturated heterocycles. The summed E-state index contributed by atoms with van der Waals surface area (Å²) in [5, 5.41) is 4.04. The highest BCUT2D eigenvalue weighted by atomic mass is 32.1. The highest BCUT2D eigenvalue weighted by Crippen LogP contribution is 2.41. The van der Waals surface area contributed by atoms with E-state index < -0.39 is 0 Å². The molecular weight excluding hydrogens is 436 g/mol. The van der Waals surface area contributed by atoms with Crippen molar-refractivity contribution in [3.8, 4) is 11.4 Å². The van der Waals surface area contributed by atoms with Gasteiger partial charge in [-0.1, -0.05) is 6.07 Å². The maximum atomic E-state index is 11.9. The first kappa shape index (κ1) is 22.8. The number of nitrogens with one attached hydrogen (secondary N) is 1. The number of esters is 1. The molecule has 4 rings (SSSR count). The second-order valence-corrected chi connectivity index (χ2v) is 8.39. The Bertz CT molecular complexity index is 1140. The van der Waals surface area contributed by atoms with Gasteiger partial charge in [-0.15, -0.1) is 0 Å². The van der Waals surface area contributed by atoms with Crippen LogP contribution in [0, 0.1) is 13.8 Å². The molecule has 0 radical (unpaired) electrons. The minimum atomic E-state index is -0.262. The van der Waals surface area contributed by atoms with Crippen LogP contribution in [0.4, 0.5) is 0 Å². The second kappa shape index (κ2) is 9.62. The van der Waals surface area contributed by atoms with Crippen molar-refractivity contribution in [1.82, 2.24) is 19.8 Å². The first-order valence-corrected chi connectivity index (χ1v) is 11.2. The summed E-state index contributed by atoms with van der Waals surface area (Å²) < 4.78 is 12.4. The summed E-state index contributed by atoms with van der Waals surface area (Å²) in [4.78, 5) is 18.6. The van der Waals surface area contributed by atoms with Crippen molar-refractivity contribution in [3.63, 3.8) is 0 Å². The van der Waals surface area contributed by atoms with Crippen molar-refractivity contribution >= 4 is 23.3 Å². The van der Waals surface area contributed by atoms with Gasteiger partial charge in [-0.2, -0.15) is 0 Å². The van der Waals surface area contributed by atoms with Gasteiger partial charge in [-0.05, 0) is 74.1 Å². The maximum absolute atomic E-state index is 11.9. The first-order valence-electron chi connectivity index (χ1n) is 10.8. The van der Waals surface area contributed by atoms with Crippen molar-refractivity contribution in [1.29, 1.82) is 0 Å². The molecule has 0 saturated carbocycles. The average Bonchev–Trinajstić information content (AvgIpc) is 3.32. The van der Waals surface area contributed by atoms with E-state index in [0.29, 0.717) is 11.7 Å². The molecule has 1 aliphatic rings. The Morgan fingerprint density at radius 2 is 1.91 bits per heavy atom. The number of aryl methyl sites for hydroxylation is 1. The maximum Gasteiger partial charge on any atom is 0.307 e. The van der Waals surface area contributed by atoms with Crippen molar-refractivity contribution in [3.05, 3.63) is 77.4 Å². The largest absolute Gasteiger partial charge is 0.497 e. The van der Waals surface area contributed by atoms with Gasteiger partial charge in [0, 0.05) is 29.8 Å². The predicted octanol–water partition coefficient (Wildman–Crippen LogP) is 4.03. The molecule has 1 N–H and O–H groups in total. The van der Waals surface area contributed by atoms with Crippen LogP contribution in [0.2, 0.25) is 0 Å². The fourth-order valence-corrected chi connectivity index (χ4v) is 4.85. The van der Waals surface area contributed by atoms with Crippen LogP contribution in [-0.4, -0.2) is 46.3 Å². The average molecular weight is 465 g/mol. The standard InChI is InChI=1S/C25H28N4O3S/c1-16-15-20(17(2)29(16)18-8-10-19(31-3)11-9-18)24-23(21-7-5-6-13-26-21)27-25(33)28(24)14-12-22(30)32-4/h5-11,13,15,23-24H,12,14H2,1-4H3,(H,27,33)/t23-,24-/m1/s1. The second-order valence-electron chi connectivity index (χ2n) is 8.01. The Morgan fingerprint density at radius 1 is 1.15 bits per heavy atom. The lowest BCUT2D eigenvalue weighted by molar-refractivity contribution is -0.140. The zero-order chi connectivity index (χ0) is 23.5. The van der Waals surface area contributed by atoms with E-state index >= 15 is 0 Å². The molecule has 8 heteroatoms. The molecule has 172 valence electrons. The van der Waals surface area contributed by atoms with Crippen molar-refractivity contribution in [2.75, 3.05) is 20.8 Å². The van der Waals surface area contributed by atoms with Gasteiger partial charge in [-0.25, -0.2) is 0 Å². The summed E-state index contributed by atoms with van der Waals surface area (Å²) in [5.41, 5.74) is 5.31. The van der Waals surface area contributed by atoms with E-state index in [1.165, 1.54) is 7.11 Å². The summed E-state index contributed by atoms with van der Waals surface area (Å²) in [7, 11) is 3.06. The molecule has 1 aliphatic heterocycles. The highest BCUT2D eigenvalue weighted by Gasteiger charge is 2.41. The SMILES string of the molecule is COC(=O)CCN1C(=S)N[C@H](c2ccccn2)[C@H]1c1cc(C)n(-c2ccc(OC)cc2)c1C. The van der Waals surface area contributed by atoms with E-state index in [9.17, 15) is 4.79 Å². The molecule has 3 aromatic rings. The van der Waals surface area contributed by atoms with Gasteiger partial charge < -0.3 is 24.3 Å². The van der Waals surface area contributed by atoms with Gasteiger partial charge in [0.2, 0.25) is 0 Å². The number of carbonyl (C=O) groups is 1. The van der Waals surface area contributed by atoms with Gasteiger partial charge in [0.1, 0.15) is 5.75 Å². The molecule has 0 amide bonds. The summed E-state index contributed by atoms with van der Waals surface area (Å²) in [6, 6.07) is 15.8. The normalized spacial score (nSPS) is 17.7. The van der Waals surface area contributed by atoms with Gasteiger partial charge in [-0.3, -0.25) is 9.78 Å². The molecule has 2 aromatic heterocycles.